The summed E-state index contributed by atoms with van der Waals surface area (Å²) in [6, 6.07) is 3.60. The highest BCUT2D eigenvalue weighted by atomic mass is 16.7. The van der Waals surface area contributed by atoms with Crippen LogP contribution in [0.5, 0.6) is 17.2 Å². The Bertz CT molecular complexity index is 451. The van der Waals surface area contributed by atoms with Gasteiger partial charge in [-0.25, -0.2) is 0 Å². The van der Waals surface area contributed by atoms with Crippen LogP contribution in [0.4, 0.5) is 0 Å². The molecule has 1 unspecified atom stereocenters. The van der Waals surface area contributed by atoms with Crippen LogP contribution in [0.25, 0.3) is 0 Å². The number of hydrogen-bond donors (Lipinski definition) is 2. The van der Waals surface area contributed by atoms with E-state index in [1.807, 2.05) is 26.2 Å². The minimum Gasteiger partial charge on any atom is -0.493 e. The standard InChI is InChI=1S/C14H22N2O4/c1-16(2)5-4-15-11(8-17)10-6-12(18-3)14-13(7-10)19-9-20-14/h6-7,11,15,17H,4-5,8-9H2,1-3H3. The molecule has 0 bridgehead atoms. The number of aliphatic hydroxyl groups is 1. The highest BCUT2D eigenvalue weighted by Gasteiger charge is 2.22. The molecule has 0 saturated carbocycles. The molecular formula is C14H22N2O4. The topological polar surface area (TPSA) is 63.2 Å². The zero-order valence-corrected chi connectivity index (χ0v) is 12.2. The van der Waals surface area contributed by atoms with Crippen molar-refractivity contribution in [1.29, 1.82) is 0 Å². The van der Waals surface area contributed by atoms with Crippen LogP contribution in [-0.4, -0.2) is 57.7 Å². The molecule has 1 heterocycles. The summed E-state index contributed by atoms with van der Waals surface area (Å²) in [5.41, 5.74) is 0.923. The van der Waals surface area contributed by atoms with Gasteiger partial charge >= 0.3 is 0 Å². The van der Waals surface area contributed by atoms with Crippen LogP contribution >= 0.6 is 0 Å². The van der Waals surface area contributed by atoms with Gasteiger partial charge in [0, 0.05) is 13.1 Å². The summed E-state index contributed by atoms with van der Waals surface area (Å²) in [5, 5.41) is 12.9. The van der Waals surface area contributed by atoms with Gasteiger partial charge in [0.05, 0.1) is 19.8 Å². The highest BCUT2D eigenvalue weighted by Crippen LogP contribution is 2.42. The maximum absolute atomic E-state index is 9.57. The molecule has 20 heavy (non-hydrogen) atoms. The Labute approximate surface area is 119 Å². The third-order valence-corrected chi connectivity index (χ3v) is 3.22. The summed E-state index contributed by atoms with van der Waals surface area (Å²) in [5.74, 6) is 1.91. The molecule has 0 amide bonds. The fraction of sp³-hybridized carbons (Fsp3) is 0.571. The Morgan fingerprint density at radius 3 is 2.85 bits per heavy atom. The van der Waals surface area contributed by atoms with Crippen LogP contribution in [0.15, 0.2) is 12.1 Å². The normalized spacial score (nSPS) is 14.7. The van der Waals surface area contributed by atoms with Gasteiger partial charge in [-0.2, -0.15) is 0 Å². The smallest absolute Gasteiger partial charge is 0.231 e. The third-order valence-electron chi connectivity index (χ3n) is 3.22. The van der Waals surface area contributed by atoms with E-state index in [-0.39, 0.29) is 19.4 Å². The van der Waals surface area contributed by atoms with E-state index in [0.717, 1.165) is 18.7 Å². The van der Waals surface area contributed by atoms with Crippen LogP contribution in [-0.2, 0) is 0 Å². The number of hydrogen-bond acceptors (Lipinski definition) is 6. The third kappa shape index (κ3) is 3.33. The molecule has 0 spiro atoms. The van der Waals surface area contributed by atoms with Crippen molar-refractivity contribution in [2.24, 2.45) is 0 Å². The largest absolute Gasteiger partial charge is 0.493 e. The van der Waals surface area contributed by atoms with Gasteiger partial charge in [-0.05, 0) is 31.8 Å². The summed E-state index contributed by atoms with van der Waals surface area (Å²) in [6.45, 7) is 1.90. The van der Waals surface area contributed by atoms with Crippen molar-refractivity contribution in [3.05, 3.63) is 17.7 Å². The maximum atomic E-state index is 9.57. The van der Waals surface area contributed by atoms with E-state index in [1.54, 1.807) is 7.11 Å². The summed E-state index contributed by atoms with van der Waals surface area (Å²) >= 11 is 0. The van der Waals surface area contributed by atoms with E-state index in [4.69, 9.17) is 14.2 Å². The lowest BCUT2D eigenvalue weighted by molar-refractivity contribution is 0.171. The number of nitrogens with zero attached hydrogens (tertiary/aromatic N) is 1. The lowest BCUT2D eigenvalue weighted by atomic mass is 10.1. The predicted octanol–water partition coefficient (Wildman–Crippen LogP) is 0.609. The van der Waals surface area contributed by atoms with Crippen LogP contribution in [0, 0.1) is 0 Å². The number of rotatable bonds is 7. The van der Waals surface area contributed by atoms with Gasteiger partial charge in [-0.3, -0.25) is 0 Å². The van der Waals surface area contributed by atoms with E-state index in [9.17, 15) is 5.11 Å². The van der Waals surface area contributed by atoms with Crippen molar-refractivity contribution in [3.63, 3.8) is 0 Å². The maximum Gasteiger partial charge on any atom is 0.231 e. The summed E-state index contributed by atoms with van der Waals surface area (Å²) in [7, 11) is 5.62. The van der Waals surface area contributed by atoms with Crippen molar-refractivity contribution < 1.29 is 19.3 Å². The van der Waals surface area contributed by atoms with Gasteiger partial charge in [0.25, 0.3) is 0 Å². The monoisotopic (exact) mass is 282 g/mol. The van der Waals surface area contributed by atoms with E-state index < -0.39 is 0 Å². The first kappa shape index (κ1) is 14.9. The molecule has 112 valence electrons. The van der Waals surface area contributed by atoms with E-state index in [2.05, 4.69) is 10.2 Å². The molecule has 0 radical (unpaired) electrons. The Morgan fingerprint density at radius 1 is 1.40 bits per heavy atom. The second-order valence-corrected chi connectivity index (χ2v) is 4.95. The lowest BCUT2D eigenvalue weighted by Gasteiger charge is -2.19. The first-order valence-corrected chi connectivity index (χ1v) is 6.62. The van der Waals surface area contributed by atoms with Crippen molar-refractivity contribution >= 4 is 0 Å². The number of nitrogens with one attached hydrogen (secondary N) is 1. The SMILES string of the molecule is COc1cc(C(CO)NCCN(C)C)cc2c1OCO2. The number of methoxy groups -OCH3 is 1. The van der Waals surface area contributed by atoms with Crippen LogP contribution in [0.1, 0.15) is 11.6 Å². The van der Waals surface area contributed by atoms with Crippen LogP contribution < -0.4 is 19.5 Å². The molecule has 6 nitrogen and oxygen atoms in total. The van der Waals surface area contributed by atoms with Crippen LogP contribution in [0.2, 0.25) is 0 Å². The molecule has 2 rings (SSSR count). The van der Waals surface area contributed by atoms with Crippen molar-refractivity contribution in [2.75, 3.05) is 47.7 Å². The van der Waals surface area contributed by atoms with Gasteiger partial charge in [-0.1, -0.05) is 0 Å². The summed E-state index contributed by atoms with van der Waals surface area (Å²) < 4.78 is 16.1. The second kappa shape index (κ2) is 6.78. The molecule has 1 aliphatic heterocycles. The Hall–Kier alpha value is -1.50. The molecule has 2 N–H and O–H groups in total. The first-order valence-electron chi connectivity index (χ1n) is 6.62. The fourth-order valence-corrected chi connectivity index (χ4v) is 2.10. The Morgan fingerprint density at radius 2 is 2.20 bits per heavy atom. The van der Waals surface area contributed by atoms with Crippen molar-refractivity contribution in [3.8, 4) is 17.2 Å². The molecule has 6 heteroatoms. The molecule has 0 aliphatic carbocycles. The number of benzene rings is 1. The van der Waals surface area contributed by atoms with Gasteiger partial charge in [0.1, 0.15) is 0 Å². The quantitative estimate of drug-likeness (QED) is 0.764. The lowest BCUT2D eigenvalue weighted by Crippen LogP contribution is -2.31. The van der Waals surface area contributed by atoms with Crippen LogP contribution in [0.3, 0.4) is 0 Å². The molecule has 0 saturated heterocycles. The molecular weight excluding hydrogens is 260 g/mol. The van der Waals surface area contributed by atoms with Gasteiger partial charge in [0.15, 0.2) is 11.5 Å². The summed E-state index contributed by atoms with van der Waals surface area (Å²) in [4.78, 5) is 2.08. The molecule has 1 aromatic carbocycles. The average Bonchev–Trinajstić information content (AvgIpc) is 2.90. The van der Waals surface area contributed by atoms with Gasteiger partial charge in [0.2, 0.25) is 12.5 Å². The highest BCUT2D eigenvalue weighted by molar-refractivity contribution is 5.55. The van der Waals surface area contributed by atoms with Gasteiger partial charge < -0.3 is 29.5 Å². The minimum atomic E-state index is -0.154. The van der Waals surface area contributed by atoms with E-state index >= 15 is 0 Å². The zero-order valence-electron chi connectivity index (χ0n) is 12.2. The van der Waals surface area contributed by atoms with Crippen molar-refractivity contribution in [2.45, 2.75) is 6.04 Å². The van der Waals surface area contributed by atoms with Gasteiger partial charge in [-0.15, -0.1) is 0 Å². The number of ether oxygens (including phenoxy) is 3. The van der Waals surface area contributed by atoms with E-state index in [1.165, 1.54) is 0 Å². The number of fused-ring (bicyclic) bond motifs is 1. The second-order valence-electron chi connectivity index (χ2n) is 4.95. The zero-order chi connectivity index (χ0) is 14.5. The molecule has 1 aliphatic rings. The molecule has 0 aromatic heterocycles. The summed E-state index contributed by atoms with van der Waals surface area (Å²) in [6.07, 6.45) is 0. The molecule has 1 atom stereocenters. The Kier molecular flexibility index (Phi) is 5.05. The number of likely N-dealkylation sites (N-methyl/N-ethyl adjacent to an activating group) is 1. The predicted molar refractivity (Wildman–Crippen MR) is 75.5 cm³/mol. The number of aliphatic hydroxyl groups excluding tert-OH is 1. The molecule has 1 aromatic rings. The fourth-order valence-electron chi connectivity index (χ4n) is 2.10. The Balaban J connectivity index is 2.13. The minimum absolute atomic E-state index is 0.0101. The average molecular weight is 282 g/mol. The van der Waals surface area contributed by atoms with E-state index in [0.29, 0.717) is 17.2 Å². The molecule has 0 fully saturated rings. The van der Waals surface area contributed by atoms with Crippen molar-refractivity contribution in [1.82, 2.24) is 10.2 Å². The first-order chi connectivity index (χ1) is 9.65.